The Morgan fingerprint density at radius 1 is 1.13 bits per heavy atom. The third-order valence-electron chi connectivity index (χ3n) is 6.77. The van der Waals surface area contributed by atoms with Crippen molar-refractivity contribution in [2.75, 3.05) is 6.54 Å². The topological polar surface area (TPSA) is 74.1 Å². The molecule has 200 valence electrons. The van der Waals surface area contributed by atoms with Crippen LogP contribution in [0.3, 0.4) is 0 Å². The van der Waals surface area contributed by atoms with Crippen LogP contribution >= 0.6 is 34.8 Å². The van der Waals surface area contributed by atoms with Crippen molar-refractivity contribution in [3.63, 3.8) is 0 Å². The van der Waals surface area contributed by atoms with Crippen LogP contribution in [0.25, 0.3) is 0 Å². The van der Waals surface area contributed by atoms with Gasteiger partial charge in [-0.1, -0.05) is 73.8 Å². The number of hydrogen-bond donors (Lipinski definition) is 0. The van der Waals surface area contributed by atoms with E-state index in [0.717, 1.165) is 16.6 Å². The molecule has 2 aromatic carbocycles. The normalized spacial score (nSPS) is 22.4. The first-order valence-electron chi connectivity index (χ1n) is 11.7. The van der Waals surface area contributed by atoms with Gasteiger partial charge in [0.2, 0.25) is 10.0 Å². The second-order valence-electron chi connectivity index (χ2n) is 10.5. The van der Waals surface area contributed by atoms with Gasteiger partial charge >= 0.3 is 0 Å². The van der Waals surface area contributed by atoms with Gasteiger partial charge in [-0.3, -0.25) is 0 Å². The van der Waals surface area contributed by atoms with Gasteiger partial charge in [0.1, 0.15) is 27.1 Å². The number of rotatable bonds is 5. The van der Waals surface area contributed by atoms with E-state index >= 15 is 8.78 Å². The molecule has 0 unspecified atom stereocenters. The Kier molecular flexibility index (Phi) is 7.83. The predicted molar refractivity (Wildman–Crippen MR) is 144 cm³/mol. The third-order valence-corrected chi connectivity index (χ3v) is 9.33. The monoisotopic (exact) mass is 597 g/mol. The van der Waals surface area contributed by atoms with Gasteiger partial charge in [-0.25, -0.2) is 22.2 Å². The van der Waals surface area contributed by atoms with Gasteiger partial charge in [0.15, 0.2) is 0 Å². The lowest BCUT2D eigenvalue weighted by atomic mass is 9.63. The van der Waals surface area contributed by atoms with E-state index in [1.807, 2.05) is 20.8 Å². The molecule has 1 aliphatic heterocycles. The first-order chi connectivity index (χ1) is 17.7. The van der Waals surface area contributed by atoms with Crippen molar-refractivity contribution in [3.05, 3.63) is 92.7 Å². The highest BCUT2D eigenvalue weighted by molar-refractivity contribution is 7.89. The fourth-order valence-electron chi connectivity index (χ4n) is 5.31. The Balaban J connectivity index is 2.09. The largest absolute Gasteiger partial charge is 0.245 e. The van der Waals surface area contributed by atoms with Crippen LogP contribution in [-0.4, -0.2) is 24.3 Å². The molecule has 38 heavy (non-hydrogen) atoms. The SMILES string of the molecule is CC(C)(C)C[C@@H]1CN(S(=O)(=O)c2ccc(Cl)nc2)[C@H](c2cccc(Cl)c2F)[C@@]1(C#N)c1ccc(Cl)cc1F. The van der Waals surface area contributed by atoms with Crippen LogP contribution in [0.1, 0.15) is 44.4 Å². The van der Waals surface area contributed by atoms with Crippen molar-refractivity contribution < 1.29 is 17.2 Å². The van der Waals surface area contributed by atoms with E-state index in [1.165, 1.54) is 42.5 Å². The molecule has 11 heteroatoms. The van der Waals surface area contributed by atoms with Crippen molar-refractivity contribution in [1.82, 2.24) is 9.29 Å². The number of sulfonamides is 1. The van der Waals surface area contributed by atoms with E-state index in [1.54, 1.807) is 0 Å². The highest BCUT2D eigenvalue weighted by Crippen LogP contribution is 2.57. The maximum atomic E-state index is 15.7. The lowest BCUT2D eigenvalue weighted by Crippen LogP contribution is -2.41. The lowest BCUT2D eigenvalue weighted by molar-refractivity contribution is 0.245. The van der Waals surface area contributed by atoms with E-state index in [2.05, 4.69) is 11.1 Å². The zero-order chi connectivity index (χ0) is 28.0. The van der Waals surface area contributed by atoms with Gasteiger partial charge in [0, 0.05) is 28.9 Å². The van der Waals surface area contributed by atoms with Crippen LogP contribution in [0.15, 0.2) is 59.6 Å². The van der Waals surface area contributed by atoms with Crippen LogP contribution in [-0.2, 0) is 15.4 Å². The van der Waals surface area contributed by atoms with E-state index < -0.39 is 44.4 Å². The number of aromatic nitrogens is 1. The minimum atomic E-state index is -4.38. The maximum absolute atomic E-state index is 15.7. The molecule has 1 aliphatic rings. The van der Waals surface area contributed by atoms with Gasteiger partial charge in [-0.2, -0.15) is 9.57 Å². The predicted octanol–water partition coefficient (Wildman–Crippen LogP) is 7.58. The second-order valence-corrected chi connectivity index (χ2v) is 13.6. The van der Waals surface area contributed by atoms with Crippen LogP contribution in [0.4, 0.5) is 8.78 Å². The molecule has 0 spiro atoms. The van der Waals surface area contributed by atoms with Crippen molar-refractivity contribution in [2.24, 2.45) is 11.3 Å². The molecule has 0 bridgehead atoms. The Morgan fingerprint density at radius 2 is 1.84 bits per heavy atom. The Labute approximate surface area is 236 Å². The minimum Gasteiger partial charge on any atom is -0.243 e. The van der Waals surface area contributed by atoms with Crippen LogP contribution < -0.4 is 0 Å². The molecule has 0 aliphatic carbocycles. The van der Waals surface area contributed by atoms with Crippen molar-refractivity contribution in [1.29, 1.82) is 5.26 Å². The Morgan fingerprint density at radius 3 is 2.42 bits per heavy atom. The average molecular weight is 599 g/mol. The molecule has 3 atom stereocenters. The summed E-state index contributed by atoms with van der Waals surface area (Å²) in [5, 5.41) is 10.8. The summed E-state index contributed by atoms with van der Waals surface area (Å²) in [7, 11) is -4.38. The fourth-order valence-corrected chi connectivity index (χ4v) is 7.39. The zero-order valence-corrected chi connectivity index (χ0v) is 23.8. The molecule has 0 amide bonds. The summed E-state index contributed by atoms with van der Waals surface area (Å²) < 4.78 is 60.5. The van der Waals surface area contributed by atoms with Crippen molar-refractivity contribution >= 4 is 44.8 Å². The summed E-state index contributed by atoms with van der Waals surface area (Å²) in [6.45, 7) is 5.61. The summed E-state index contributed by atoms with van der Waals surface area (Å²) in [6, 6.07) is 11.4. The van der Waals surface area contributed by atoms with Crippen LogP contribution in [0.2, 0.25) is 15.2 Å². The zero-order valence-electron chi connectivity index (χ0n) is 20.7. The Hall–Kier alpha value is -2.28. The number of halogens is 5. The van der Waals surface area contributed by atoms with Crippen molar-refractivity contribution in [3.8, 4) is 6.07 Å². The minimum absolute atomic E-state index is 0.0741. The first kappa shape index (κ1) is 28.7. The molecule has 4 rings (SSSR count). The molecule has 0 N–H and O–H groups in total. The van der Waals surface area contributed by atoms with Crippen LogP contribution in [0.5, 0.6) is 0 Å². The highest BCUT2D eigenvalue weighted by atomic mass is 35.5. The van der Waals surface area contributed by atoms with E-state index in [-0.39, 0.29) is 37.8 Å². The van der Waals surface area contributed by atoms with Gasteiger partial charge in [0.05, 0.1) is 17.1 Å². The molecule has 1 aromatic heterocycles. The standard InChI is InChI=1S/C27H24Cl3F2N3O2S/c1-26(2,3)12-16-14-35(38(36,37)18-8-10-23(30)34-13-18)25(19-5-4-6-21(29)24(19)32)27(16,15-33)20-9-7-17(28)11-22(20)31/h4-11,13,16,25H,12,14H2,1-3H3/t16-,25-,27-/m1/s1. The molecule has 1 saturated heterocycles. The highest BCUT2D eigenvalue weighted by Gasteiger charge is 2.61. The first-order valence-corrected chi connectivity index (χ1v) is 14.2. The van der Waals surface area contributed by atoms with Gasteiger partial charge in [-0.05, 0) is 48.1 Å². The summed E-state index contributed by atoms with van der Waals surface area (Å²) in [5.74, 6) is -2.42. The lowest BCUT2D eigenvalue weighted by Gasteiger charge is -2.38. The van der Waals surface area contributed by atoms with E-state index in [0.29, 0.717) is 6.42 Å². The average Bonchev–Trinajstić information content (AvgIpc) is 3.15. The number of nitrogens with zero attached hydrogens (tertiary/aromatic N) is 3. The number of nitriles is 1. The molecule has 2 heterocycles. The van der Waals surface area contributed by atoms with Crippen molar-refractivity contribution in [2.45, 2.75) is 43.5 Å². The van der Waals surface area contributed by atoms with Gasteiger partial charge in [-0.15, -0.1) is 0 Å². The van der Waals surface area contributed by atoms with E-state index in [4.69, 9.17) is 34.8 Å². The summed E-state index contributed by atoms with van der Waals surface area (Å²) >= 11 is 18.0. The molecule has 1 fully saturated rings. The molecule has 5 nitrogen and oxygen atoms in total. The van der Waals surface area contributed by atoms with Gasteiger partial charge in [0.25, 0.3) is 0 Å². The van der Waals surface area contributed by atoms with Gasteiger partial charge < -0.3 is 0 Å². The summed E-state index contributed by atoms with van der Waals surface area (Å²) in [6.07, 6.45) is 1.42. The summed E-state index contributed by atoms with van der Waals surface area (Å²) in [5.41, 5.74) is -2.44. The fraction of sp³-hybridized carbons (Fsp3) is 0.333. The Bertz CT molecular complexity index is 1520. The quantitative estimate of drug-likeness (QED) is 0.284. The maximum Gasteiger partial charge on any atom is 0.245 e. The molecular formula is C27H24Cl3F2N3O2S. The summed E-state index contributed by atoms with van der Waals surface area (Å²) in [4.78, 5) is 3.69. The number of pyridine rings is 1. The third kappa shape index (κ3) is 5.03. The van der Waals surface area contributed by atoms with E-state index in [9.17, 15) is 13.7 Å². The number of hydrogen-bond acceptors (Lipinski definition) is 4. The smallest absolute Gasteiger partial charge is 0.243 e. The van der Waals surface area contributed by atoms with Crippen LogP contribution in [0, 0.1) is 34.3 Å². The number of benzene rings is 2. The molecule has 3 aromatic rings. The molecule has 0 saturated carbocycles. The second kappa shape index (κ2) is 10.4. The molecule has 0 radical (unpaired) electrons. The molecular weight excluding hydrogens is 575 g/mol.